The number of rotatable bonds is 8. The molecule has 4 aromatic rings. The largest absolute Gasteiger partial charge is 0.465 e. The minimum absolute atomic E-state index is 0.188. The topological polar surface area (TPSA) is 106 Å². The number of aromatic nitrogens is 2. The van der Waals surface area contributed by atoms with Crippen molar-refractivity contribution in [3.63, 3.8) is 0 Å². The lowest BCUT2D eigenvalue weighted by Gasteiger charge is -2.10. The number of hydrogen-bond acceptors (Lipinski definition) is 6. The Kier molecular flexibility index (Phi) is 6.36. The van der Waals surface area contributed by atoms with Crippen molar-refractivity contribution in [3.05, 3.63) is 96.4 Å². The van der Waals surface area contributed by atoms with Crippen LogP contribution in [0.1, 0.15) is 15.9 Å². The molecular weight excluding hydrogens is 422 g/mol. The van der Waals surface area contributed by atoms with E-state index in [4.69, 9.17) is 19.9 Å². The summed E-state index contributed by atoms with van der Waals surface area (Å²) in [6.45, 7) is 0.188. The van der Waals surface area contributed by atoms with Crippen molar-refractivity contribution in [3.8, 4) is 17.2 Å². The highest BCUT2D eigenvalue weighted by atomic mass is 16.5. The minimum atomic E-state index is -0.597. The van der Waals surface area contributed by atoms with E-state index in [0.29, 0.717) is 17.2 Å². The molecule has 33 heavy (non-hydrogen) atoms. The standard InChI is InChI=1S/C25H21N3O5/c1-28-22-14-23(21(25(26)30)13-18(22)15-27-28)33-20-9-7-19(8-10-20)31-12-11-24(29)32-16-17-5-3-2-4-6-17/h2-15H,16H2,1H3,(H2,26,30)/b12-11+. The van der Waals surface area contributed by atoms with Gasteiger partial charge < -0.3 is 19.9 Å². The lowest BCUT2D eigenvalue weighted by molar-refractivity contribution is -0.139. The average Bonchev–Trinajstić information content (AvgIpc) is 3.18. The first-order valence-electron chi connectivity index (χ1n) is 10.1. The maximum absolute atomic E-state index is 11.9. The van der Waals surface area contributed by atoms with Gasteiger partial charge in [-0.2, -0.15) is 5.10 Å². The molecule has 0 aliphatic rings. The van der Waals surface area contributed by atoms with Crippen LogP contribution in [0.5, 0.6) is 17.2 Å². The summed E-state index contributed by atoms with van der Waals surface area (Å²) in [6, 6.07) is 19.5. The first-order chi connectivity index (χ1) is 16.0. The molecule has 1 amide bonds. The Bertz CT molecular complexity index is 1310. The van der Waals surface area contributed by atoms with Crippen molar-refractivity contribution in [2.45, 2.75) is 6.61 Å². The monoisotopic (exact) mass is 443 g/mol. The third kappa shape index (κ3) is 5.37. The van der Waals surface area contributed by atoms with Crippen molar-refractivity contribution in [2.24, 2.45) is 12.8 Å². The number of carbonyl (C=O) groups excluding carboxylic acids is 2. The van der Waals surface area contributed by atoms with Crippen molar-refractivity contribution in [2.75, 3.05) is 0 Å². The summed E-state index contributed by atoms with van der Waals surface area (Å²) in [5.41, 5.74) is 7.48. The number of amides is 1. The maximum Gasteiger partial charge on any atom is 0.334 e. The molecule has 1 heterocycles. The highest BCUT2D eigenvalue weighted by molar-refractivity contribution is 6.00. The minimum Gasteiger partial charge on any atom is -0.465 e. The molecule has 0 aliphatic heterocycles. The van der Waals surface area contributed by atoms with Crippen LogP contribution in [0, 0.1) is 0 Å². The van der Waals surface area contributed by atoms with Crippen molar-refractivity contribution in [1.82, 2.24) is 9.78 Å². The molecule has 0 saturated heterocycles. The predicted molar refractivity (Wildman–Crippen MR) is 122 cm³/mol. The van der Waals surface area contributed by atoms with Crippen LogP contribution in [0.15, 0.2) is 85.3 Å². The Balaban J connectivity index is 1.37. The van der Waals surface area contributed by atoms with Crippen LogP contribution >= 0.6 is 0 Å². The molecule has 0 spiro atoms. The van der Waals surface area contributed by atoms with E-state index < -0.39 is 11.9 Å². The van der Waals surface area contributed by atoms with E-state index in [2.05, 4.69) is 5.10 Å². The summed E-state index contributed by atoms with van der Waals surface area (Å²) in [5, 5.41) is 4.97. The van der Waals surface area contributed by atoms with Gasteiger partial charge in [0.2, 0.25) is 0 Å². The third-order valence-electron chi connectivity index (χ3n) is 4.80. The van der Waals surface area contributed by atoms with E-state index in [1.165, 1.54) is 12.3 Å². The number of hydrogen-bond donors (Lipinski definition) is 1. The molecule has 3 aromatic carbocycles. The Morgan fingerprint density at radius 2 is 1.76 bits per heavy atom. The molecule has 0 fully saturated rings. The molecule has 0 radical (unpaired) electrons. The van der Waals surface area contributed by atoms with Gasteiger partial charge >= 0.3 is 5.97 Å². The van der Waals surface area contributed by atoms with Crippen molar-refractivity contribution in [1.29, 1.82) is 0 Å². The van der Waals surface area contributed by atoms with Gasteiger partial charge in [0, 0.05) is 18.5 Å². The summed E-state index contributed by atoms with van der Waals surface area (Å²) < 4.78 is 18.1. The Morgan fingerprint density at radius 3 is 2.48 bits per heavy atom. The van der Waals surface area contributed by atoms with Crippen LogP contribution in [0.2, 0.25) is 0 Å². The number of nitrogens with zero attached hydrogens (tertiary/aromatic N) is 2. The van der Waals surface area contributed by atoms with Crippen LogP contribution in [0.25, 0.3) is 10.9 Å². The first kappa shape index (κ1) is 21.6. The van der Waals surface area contributed by atoms with Crippen molar-refractivity contribution < 1.29 is 23.8 Å². The van der Waals surface area contributed by atoms with Gasteiger partial charge in [0.1, 0.15) is 23.9 Å². The fraction of sp³-hybridized carbons (Fsp3) is 0.0800. The normalized spacial score (nSPS) is 10.9. The van der Waals surface area contributed by atoms with E-state index >= 15 is 0 Å². The van der Waals surface area contributed by atoms with E-state index in [1.54, 1.807) is 54.3 Å². The molecule has 0 atom stereocenters. The molecule has 1 aromatic heterocycles. The molecule has 8 heteroatoms. The molecule has 0 unspecified atom stereocenters. The number of fused-ring (bicyclic) bond motifs is 1. The summed E-state index contributed by atoms with van der Waals surface area (Å²) in [5.74, 6) is 0.195. The van der Waals surface area contributed by atoms with E-state index in [9.17, 15) is 9.59 Å². The van der Waals surface area contributed by atoms with E-state index in [-0.39, 0.29) is 12.2 Å². The highest BCUT2D eigenvalue weighted by Gasteiger charge is 2.14. The van der Waals surface area contributed by atoms with Crippen LogP contribution < -0.4 is 15.2 Å². The lowest BCUT2D eigenvalue weighted by atomic mass is 10.1. The second kappa shape index (κ2) is 9.69. The molecule has 0 aliphatic carbocycles. The van der Waals surface area contributed by atoms with Gasteiger partial charge in [0.25, 0.3) is 5.91 Å². The quantitative estimate of drug-likeness (QED) is 0.250. The molecule has 2 N–H and O–H groups in total. The molecule has 166 valence electrons. The molecule has 0 bridgehead atoms. The van der Waals surface area contributed by atoms with Gasteiger partial charge in [-0.1, -0.05) is 30.3 Å². The zero-order chi connectivity index (χ0) is 23.2. The summed E-state index contributed by atoms with van der Waals surface area (Å²) in [4.78, 5) is 23.7. The number of primary amides is 1. The molecule has 8 nitrogen and oxygen atoms in total. The lowest BCUT2D eigenvalue weighted by Crippen LogP contribution is -2.12. The fourth-order valence-corrected chi connectivity index (χ4v) is 3.12. The van der Waals surface area contributed by atoms with Gasteiger partial charge in [-0.25, -0.2) is 4.79 Å². The zero-order valence-electron chi connectivity index (χ0n) is 17.8. The Morgan fingerprint density at radius 1 is 1.03 bits per heavy atom. The number of aryl methyl sites for hydroxylation is 1. The van der Waals surface area contributed by atoms with E-state index in [0.717, 1.165) is 16.5 Å². The predicted octanol–water partition coefficient (Wildman–Crippen LogP) is 4.10. The molecule has 4 rings (SSSR count). The van der Waals surface area contributed by atoms with Gasteiger partial charge in [-0.15, -0.1) is 0 Å². The summed E-state index contributed by atoms with van der Waals surface area (Å²) in [6.07, 6.45) is 4.11. The SMILES string of the molecule is Cn1ncc2cc(C(N)=O)c(Oc3ccc(O/C=C/C(=O)OCc4ccccc4)cc3)cc21. The van der Waals surface area contributed by atoms with Gasteiger partial charge in [-0.3, -0.25) is 9.48 Å². The smallest absolute Gasteiger partial charge is 0.334 e. The second-order valence-electron chi connectivity index (χ2n) is 7.13. The third-order valence-corrected chi connectivity index (χ3v) is 4.80. The van der Waals surface area contributed by atoms with Crippen LogP contribution in [0.4, 0.5) is 0 Å². The van der Waals surface area contributed by atoms with E-state index in [1.807, 2.05) is 30.3 Å². The average molecular weight is 443 g/mol. The van der Waals surface area contributed by atoms with Crippen LogP contribution in [-0.2, 0) is 23.2 Å². The van der Waals surface area contributed by atoms with Crippen LogP contribution in [-0.4, -0.2) is 21.7 Å². The van der Waals surface area contributed by atoms with Gasteiger partial charge in [0.05, 0.1) is 29.6 Å². The van der Waals surface area contributed by atoms with Crippen LogP contribution in [0.3, 0.4) is 0 Å². The van der Waals surface area contributed by atoms with Crippen molar-refractivity contribution >= 4 is 22.8 Å². The van der Waals surface area contributed by atoms with Gasteiger partial charge in [0.15, 0.2) is 0 Å². The Hall–Kier alpha value is -4.59. The maximum atomic E-state index is 11.9. The number of nitrogens with two attached hydrogens (primary N) is 1. The highest BCUT2D eigenvalue weighted by Crippen LogP contribution is 2.30. The molecule has 0 saturated carbocycles. The van der Waals surface area contributed by atoms with Gasteiger partial charge in [-0.05, 0) is 35.9 Å². The number of benzene rings is 3. The number of ether oxygens (including phenoxy) is 3. The number of carbonyl (C=O) groups is 2. The Labute approximate surface area is 189 Å². The number of esters is 1. The second-order valence-corrected chi connectivity index (χ2v) is 7.13. The summed E-state index contributed by atoms with van der Waals surface area (Å²) in [7, 11) is 1.80. The fourth-order valence-electron chi connectivity index (χ4n) is 3.12. The summed E-state index contributed by atoms with van der Waals surface area (Å²) >= 11 is 0. The molecular formula is C25H21N3O5. The zero-order valence-corrected chi connectivity index (χ0v) is 17.8. The first-order valence-corrected chi connectivity index (χ1v) is 10.1.